The number of aliphatic hydroxyl groups excluding tert-OH is 1. The van der Waals surface area contributed by atoms with E-state index in [1.807, 2.05) is 13.8 Å². The number of hydrogen-bond acceptors (Lipinski definition) is 21. The third-order valence-electron chi connectivity index (χ3n) is 21.1. The molecule has 0 saturated carbocycles. The fourth-order valence-electron chi connectivity index (χ4n) is 12.7. The smallest absolute Gasteiger partial charge is 0.248 e. The van der Waals surface area contributed by atoms with E-state index in [0.717, 1.165) is 0 Å². The minimum atomic E-state index is -1.85. The van der Waals surface area contributed by atoms with Crippen LogP contribution in [0.25, 0.3) is 0 Å². The second-order valence-electron chi connectivity index (χ2n) is 36.7. The Morgan fingerprint density at radius 3 is 1.16 bits per heavy atom. The Morgan fingerprint density at radius 2 is 0.756 bits per heavy atom. The number of aliphatic hydroxyl groups is 1. The Morgan fingerprint density at radius 1 is 0.390 bits per heavy atom. The van der Waals surface area contributed by atoms with Crippen LogP contribution in [0.3, 0.4) is 0 Å². The molecule has 20 amide bonds. The lowest BCUT2D eigenvalue weighted by Gasteiger charge is -2.36. The van der Waals surface area contributed by atoms with Crippen LogP contribution in [0.4, 0.5) is 0 Å². The fraction of sp³-hybridized carbons (Fsp3) is 0.756. The summed E-state index contributed by atoms with van der Waals surface area (Å²) in [6.07, 6.45) is -0.558. The van der Waals surface area contributed by atoms with Crippen LogP contribution in [0, 0.1) is 23.7 Å². The molecule has 1 aliphatic rings. The molecule has 123 heavy (non-hydrogen) atoms. The van der Waals surface area contributed by atoms with E-state index in [2.05, 4.69) is 90.4 Å². The summed E-state index contributed by atoms with van der Waals surface area (Å²) in [5.41, 5.74) is -2.90. The minimum Gasteiger partial charge on any atom is -0.394 e. The fourth-order valence-corrected chi connectivity index (χ4v) is 12.7. The van der Waals surface area contributed by atoms with Crippen LogP contribution in [0.15, 0.2) is 0 Å². The molecule has 0 spiro atoms. The third-order valence-corrected chi connectivity index (χ3v) is 21.1. The van der Waals surface area contributed by atoms with E-state index in [1.165, 1.54) is 123 Å². The molecule has 0 aliphatic carbocycles. The minimum absolute atomic E-state index is 0.0131. The van der Waals surface area contributed by atoms with Crippen molar-refractivity contribution in [2.24, 2.45) is 35.1 Å². The summed E-state index contributed by atoms with van der Waals surface area (Å²) in [6.45, 7) is 37.4. The molecule has 698 valence electrons. The van der Waals surface area contributed by atoms with Gasteiger partial charge in [0.2, 0.25) is 118 Å². The number of nitrogens with zero attached hydrogens (tertiary/aromatic N) is 1. The summed E-state index contributed by atoms with van der Waals surface area (Å²) in [4.78, 5) is 273. The van der Waals surface area contributed by atoms with Crippen LogP contribution in [-0.4, -0.2) is 247 Å². The highest BCUT2D eigenvalue weighted by Crippen LogP contribution is 2.25. The lowest BCUT2D eigenvalue weighted by atomic mass is 9.92. The Balaban J connectivity index is 3.27. The van der Waals surface area contributed by atoms with Crippen LogP contribution >= 0.6 is 0 Å². The zero-order valence-corrected chi connectivity index (χ0v) is 77.0. The molecule has 0 unspecified atom stereocenters. The van der Waals surface area contributed by atoms with Crippen molar-refractivity contribution in [3.05, 3.63) is 0 Å². The SMILES string of the molecule is CC[C@@](C)(NC(=O)[C@@H](CCC(N)=O)NC(=O)[C@](C)(CC)NC(=O)C(C)(C)NC(=O)[C@@H](C)NC(=O)CNC(=O)C(C)(C)NC(C)=O)C(=O)N[C@H](C(=O)NC(C)(C)C(=O)NCC(=O)N[C@@H](CC(C)C)C(=O)NC(C)(C)C(=O)N1CCC[C@@H]1C(=O)N[C@@H](CC(C)C)C(=O)NC(C)(C)C(=O)N[C@@](C)(CC)C(=O)N[C@@H](CCC(N)=O)C(=O)N[C@@H](CO)CC(C)C)C(C)C. The van der Waals surface area contributed by atoms with E-state index in [-0.39, 0.29) is 75.7 Å². The van der Waals surface area contributed by atoms with Crippen LogP contribution in [0.1, 0.15) is 257 Å². The monoisotopic (exact) mass is 1750 g/mol. The van der Waals surface area contributed by atoms with Crippen molar-refractivity contribution in [2.75, 3.05) is 26.2 Å². The van der Waals surface area contributed by atoms with E-state index in [4.69, 9.17) is 11.5 Å². The van der Waals surface area contributed by atoms with Crippen LogP contribution in [0.5, 0.6) is 0 Å². The zero-order valence-electron chi connectivity index (χ0n) is 77.0. The highest BCUT2D eigenvalue weighted by atomic mass is 16.3. The Kier molecular flexibility index (Phi) is 42.4. The quantitative estimate of drug-likeness (QED) is 0.0294. The molecule has 41 nitrogen and oxygen atoms in total. The molecule has 1 aliphatic heterocycles. The largest absolute Gasteiger partial charge is 0.394 e. The third kappa shape index (κ3) is 35.3. The molecule has 1 saturated heterocycles. The maximum atomic E-state index is 14.6. The zero-order chi connectivity index (χ0) is 95.4. The van der Waals surface area contributed by atoms with Gasteiger partial charge in [0.15, 0.2) is 0 Å². The number of rotatable bonds is 51. The van der Waals surface area contributed by atoms with E-state index >= 15 is 0 Å². The maximum absolute atomic E-state index is 14.6. The summed E-state index contributed by atoms with van der Waals surface area (Å²) in [6, 6.07) is -9.89. The van der Waals surface area contributed by atoms with Crippen LogP contribution in [-0.2, 0) is 95.9 Å². The van der Waals surface area contributed by atoms with Gasteiger partial charge in [-0.25, -0.2) is 0 Å². The molecule has 1 heterocycles. The van der Waals surface area contributed by atoms with E-state index < -0.39 is 249 Å². The Bertz CT molecular complexity index is 3840. The molecule has 11 atom stereocenters. The Labute approximate surface area is 722 Å². The predicted octanol–water partition coefficient (Wildman–Crippen LogP) is -2.71. The summed E-state index contributed by atoms with van der Waals surface area (Å²) in [5.74, 6) is -17.1. The predicted molar refractivity (Wildman–Crippen MR) is 454 cm³/mol. The molecular formula is C82H144N20O21. The van der Waals surface area contributed by atoms with Gasteiger partial charge in [0, 0.05) is 26.3 Å². The number of likely N-dealkylation sites (tertiary alicyclic amines) is 1. The standard InChI is InChI=1S/C82H144N20O21/c1-27-80(24,99-62(111)51(33-35-56(84)106)92-72(121)82(26,29-3)100-69(118)77(18,19)95-60(109)47(12)87-57(107)40-85-67(116)75(14,15)94-48(13)104)73(122)93-59(46(10)11)66(115)98-76(16,17)68(117)86-41-58(108)89-52(38-44(6)7)63(112)97-79(22,23)74(123)102-36-30-31-54(102)65(114)90-53(39-45(8)9)64(113)96-78(20,21)70(119)101-81(25,28-2)71(120)91-50(32-34-55(83)105)61(110)88-49(42-103)37-43(4)5/h43-47,49-54,59,103H,27-42H2,1-26H3,(H2,83,105)(H2,84,106)(H,85,116)(H,86,117)(H,87,107)(H,88,110)(H,89,108)(H,90,114)(H,91,120)(H,92,121)(H,93,122)(H,94,104)(H,95,109)(H,96,113)(H,97,112)(H,98,115)(H,99,111)(H,100,118)(H,101,119)/t47-,49-,50+,51-,52+,53+,54-,59+,80-,81+,82+/m1/s1. The first-order chi connectivity index (χ1) is 56.3. The van der Waals surface area contributed by atoms with Gasteiger partial charge in [0.05, 0.1) is 25.7 Å². The molecule has 0 aromatic heterocycles. The number of carbonyl (C=O) groups is 20. The van der Waals surface area contributed by atoms with Crippen molar-refractivity contribution in [3.63, 3.8) is 0 Å². The number of amides is 20. The summed E-state index contributed by atoms with van der Waals surface area (Å²) in [5, 5.41) is 53.8. The first kappa shape index (κ1) is 110. The van der Waals surface area contributed by atoms with Gasteiger partial charge in [-0.15, -0.1) is 0 Å². The number of primary amides is 2. The van der Waals surface area contributed by atoms with Crippen molar-refractivity contribution in [2.45, 2.75) is 350 Å². The Hall–Kier alpha value is -10.6. The molecule has 0 radical (unpaired) electrons. The number of nitrogens with two attached hydrogens (primary N) is 2. The van der Waals surface area contributed by atoms with Crippen LogP contribution < -0.4 is 102 Å². The van der Waals surface area contributed by atoms with Crippen LogP contribution in [0.2, 0.25) is 0 Å². The number of carbonyl (C=O) groups excluding carboxylic acids is 20. The van der Waals surface area contributed by atoms with E-state index in [0.29, 0.717) is 12.8 Å². The van der Waals surface area contributed by atoms with Gasteiger partial charge in [0.1, 0.15) is 86.6 Å². The van der Waals surface area contributed by atoms with Gasteiger partial charge in [-0.05, 0) is 185 Å². The molecule has 0 aromatic carbocycles. The van der Waals surface area contributed by atoms with Gasteiger partial charge in [-0.3, -0.25) is 95.9 Å². The maximum Gasteiger partial charge on any atom is 0.248 e. The summed E-state index contributed by atoms with van der Waals surface area (Å²) in [7, 11) is 0. The van der Waals surface area contributed by atoms with Crippen molar-refractivity contribution in [1.29, 1.82) is 0 Å². The van der Waals surface area contributed by atoms with E-state index in [9.17, 15) is 101 Å². The molecule has 22 N–H and O–H groups in total. The summed E-state index contributed by atoms with van der Waals surface area (Å²) >= 11 is 0. The summed E-state index contributed by atoms with van der Waals surface area (Å²) < 4.78 is 0. The molecule has 1 rings (SSSR count). The van der Waals surface area contributed by atoms with Crippen molar-refractivity contribution >= 4 is 118 Å². The number of nitrogens with one attached hydrogen (secondary N) is 17. The topological polar surface area (TPSA) is 621 Å². The highest BCUT2D eigenvalue weighted by molar-refractivity contribution is 6.04. The molecule has 1 fully saturated rings. The second-order valence-corrected chi connectivity index (χ2v) is 36.7. The molecule has 41 heteroatoms. The second kappa shape index (κ2) is 47.3. The molecular weight excluding hydrogens is 1600 g/mol. The molecule has 0 aromatic rings. The lowest BCUT2D eigenvalue weighted by molar-refractivity contribution is -0.145. The lowest BCUT2D eigenvalue weighted by Crippen LogP contribution is -2.67. The normalized spacial score (nSPS) is 16.3. The highest BCUT2D eigenvalue weighted by Gasteiger charge is 2.48. The first-order valence-electron chi connectivity index (χ1n) is 42.0. The van der Waals surface area contributed by atoms with Gasteiger partial charge in [-0.1, -0.05) is 76.2 Å². The van der Waals surface area contributed by atoms with Gasteiger partial charge < -0.3 is 112 Å². The average molecular weight is 1750 g/mol. The van der Waals surface area contributed by atoms with Gasteiger partial charge in [0.25, 0.3) is 0 Å². The van der Waals surface area contributed by atoms with Crippen molar-refractivity contribution < 1.29 is 101 Å². The van der Waals surface area contributed by atoms with Crippen molar-refractivity contribution in [3.8, 4) is 0 Å². The van der Waals surface area contributed by atoms with Gasteiger partial charge >= 0.3 is 0 Å². The average Bonchev–Trinajstić information content (AvgIpc) is 1.34. The van der Waals surface area contributed by atoms with E-state index in [1.54, 1.807) is 48.5 Å². The van der Waals surface area contributed by atoms with Crippen molar-refractivity contribution in [1.82, 2.24) is 95.3 Å². The molecule has 0 bridgehead atoms. The first-order valence-corrected chi connectivity index (χ1v) is 42.0. The van der Waals surface area contributed by atoms with Gasteiger partial charge in [-0.2, -0.15) is 0 Å². The number of hydrogen-bond donors (Lipinski definition) is 20.